The van der Waals surface area contributed by atoms with E-state index in [0.717, 1.165) is 0 Å². The van der Waals surface area contributed by atoms with Crippen molar-refractivity contribution in [2.45, 2.75) is 20.3 Å². The van der Waals surface area contributed by atoms with Gasteiger partial charge in [0.05, 0.1) is 24.4 Å². The highest BCUT2D eigenvalue weighted by molar-refractivity contribution is 5.89. The lowest BCUT2D eigenvalue weighted by Gasteiger charge is -2.16. The van der Waals surface area contributed by atoms with Crippen LogP contribution in [0.5, 0.6) is 5.88 Å². The molecule has 1 aliphatic heterocycles. The zero-order valence-electron chi connectivity index (χ0n) is 12.8. The van der Waals surface area contributed by atoms with Gasteiger partial charge in [-0.3, -0.25) is 4.79 Å². The van der Waals surface area contributed by atoms with Gasteiger partial charge in [-0.25, -0.2) is 9.78 Å². The molecule has 2 N–H and O–H groups in total. The first-order valence-corrected chi connectivity index (χ1v) is 7.33. The van der Waals surface area contributed by atoms with Gasteiger partial charge in [0.2, 0.25) is 5.88 Å². The largest absolute Gasteiger partial charge is 0.481 e. The molecule has 1 atom stereocenters. The summed E-state index contributed by atoms with van der Waals surface area (Å²) in [6.07, 6.45) is 2.02. The summed E-state index contributed by atoms with van der Waals surface area (Å²) in [5, 5.41) is 11.7. The average Bonchev–Trinajstić information content (AvgIpc) is 2.96. The van der Waals surface area contributed by atoms with Crippen LogP contribution in [0.25, 0.3) is 0 Å². The molecule has 0 radical (unpaired) electrons. The molecular weight excluding hydrogens is 286 g/mol. The quantitative estimate of drug-likeness (QED) is 0.868. The third kappa shape index (κ3) is 4.34. The molecule has 2 rings (SSSR count). The minimum Gasteiger partial charge on any atom is -0.481 e. The maximum Gasteiger partial charge on any atom is 0.321 e. The Kier molecular flexibility index (Phi) is 5.19. The van der Waals surface area contributed by atoms with E-state index < -0.39 is 11.9 Å². The highest BCUT2D eigenvalue weighted by atomic mass is 16.5. The molecule has 1 unspecified atom stereocenters. The van der Waals surface area contributed by atoms with Crippen molar-refractivity contribution >= 4 is 17.7 Å². The van der Waals surface area contributed by atoms with Crippen LogP contribution in [-0.2, 0) is 4.79 Å². The number of aromatic nitrogens is 1. The fraction of sp³-hybridized carbons (Fsp3) is 0.533. The summed E-state index contributed by atoms with van der Waals surface area (Å²) in [4.78, 5) is 28.6. The van der Waals surface area contributed by atoms with E-state index in [1.54, 1.807) is 12.1 Å². The van der Waals surface area contributed by atoms with Crippen molar-refractivity contribution in [2.75, 3.05) is 25.0 Å². The number of anilines is 1. The number of rotatable bonds is 5. The van der Waals surface area contributed by atoms with Crippen molar-refractivity contribution in [3.8, 4) is 5.88 Å². The first kappa shape index (κ1) is 16.1. The Labute approximate surface area is 129 Å². The summed E-state index contributed by atoms with van der Waals surface area (Å²) in [6.45, 7) is 5.38. The first-order chi connectivity index (χ1) is 10.5. The van der Waals surface area contributed by atoms with E-state index in [1.165, 1.54) is 11.1 Å². The highest BCUT2D eigenvalue weighted by Gasteiger charge is 2.30. The van der Waals surface area contributed by atoms with Crippen molar-refractivity contribution in [1.29, 1.82) is 0 Å². The van der Waals surface area contributed by atoms with E-state index in [4.69, 9.17) is 9.84 Å². The molecule has 1 aromatic heterocycles. The number of carbonyl (C=O) groups excluding carboxylic acids is 1. The van der Waals surface area contributed by atoms with Gasteiger partial charge in [-0.2, -0.15) is 0 Å². The first-order valence-electron chi connectivity index (χ1n) is 7.33. The molecule has 2 amide bonds. The highest BCUT2D eigenvalue weighted by Crippen LogP contribution is 2.18. The average molecular weight is 307 g/mol. The summed E-state index contributed by atoms with van der Waals surface area (Å²) in [5.41, 5.74) is 0.556. The lowest BCUT2D eigenvalue weighted by atomic mass is 10.1. The van der Waals surface area contributed by atoms with Gasteiger partial charge in [-0.1, -0.05) is 13.8 Å². The summed E-state index contributed by atoms with van der Waals surface area (Å²) in [7, 11) is 0. The smallest absolute Gasteiger partial charge is 0.321 e. The van der Waals surface area contributed by atoms with E-state index >= 15 is 0 Å². The molecule has 1 aromatic rings. The summed E-state index contributed by atoms with van der Waals surface area (Å²) < 4.78 is 5.47. The number of nitrogens with one attached hydrogen (secondary N) is 1. The second-order valence-corrected chi connectivity index (χ2v) is 5.79. The minimum absolute atomic E-state index is 0.240. The number of urea groups is 1. The summed E-state index contributed by atoms with van der Waals surface area (Å²) in [6, 6.07) is 3.11. The molecule has 0 aliphatic carbocycles. The van der Waals surface area contributed by atoms with Crippen LogP contribution in [0.15, 0.2) is 18.3 Å². The molecule has 120 valence electrons. The van der Waals surface area contributed by atoms with Crippen molar-refractivity contribution in [3.63, 3.8) is 0 Å². The van der Waals surface area contributed by atoms with Crippen LogP contribution >= 0.6 is 0 Å². The van der Waals surface area contributed by atoms with E-state index in [0.29, 0.717) is 37.1 Å². The monoisotopic (exact) mass is 307 g/mol. The van der Waals surface area contributed by atoms with E-state index in [-0.39, 0.29) is 12.6 Å². The van der Waals surface area contributed by atoms with Crippen molar-refractivity contribution in [2.24, 2.45) is 11.8 Å². The van der Waals surface area contributed by atoms with E-state index in [9.17, 15) is 9.59 Å². The summed E-state index contributed by atoms with van der Waals surface area (Å²) in [5.74, 6) is -0.406. The second kappa shape index (κ2) is 7.11. The number of ether oxygens (including phenoxy) is 1. The molecule has 2 heterocycles. The van der Waals surface area contributed by atoms with Crippen LogP contribution in [0.4, 0.5) is 10.5 Å². The van der Waals surface area contributed by atoms with Crippen LogP contribution in [0.2, 0.25) is 0 Å². The van der Waals surface area contributed by atoms with Crippen LogP contribution in [0, 0.1) is 11.8 Å². The Bertz CT molecular complexity index is 530. The topological polar surface area (TPSA) is 91.8 Å². The number of carbonyl (C=O) groups is 2. The van der Waals surface area contributed by atoms with E-state index in [1.807, 2.05) is 0 Å². The van der Waals surface area contributed by atoms with Gasteiger partial charge in [-0.15, -0.1) is 0 Å². The van der Waals surface area contributed by atoms with Gasteiger partial charge in [0.1, 0.15) is 0 Å². The lowest BCUT2D eigenvalue weighted by Crippen LogP contribution is -2.33. The summed E-state index contributed by atoms with van der Waals surface area (Å²) >= 11 is 0. The number of aliphatic carboxylic acids is 1. The fourth-order valence-corrected chi connectivity index (χ4v) is 2.14. The predicted octanol–water partition coefficient (Wildman–Crippen LogP) is 2.05. The molecule has 1 aliphatic rings. The van der Waals surface area contributed by atoms with Crippen LogP contribution < -0.4 is 10.1 Å². The number of nitrogens with zero attached hydrogens (tertiary/aromatic N) is 2. The Balaban J connectivity index is 1.85. The third-order valence-electron chi connectivity index (χ3n) is 3.38. The van der Waals surface area contributed by atoms with Gasteiger partial charge in [0.25, 0.3) is 0 Å². The molecule has 1 fully saturated rings. The normalized spacial score (nSPS) is 17.6. The third-order valence-corrected chi connectivity index (χ3v) is 3.38. The molecule has 7 nitrogen and oxygen atoms in total. The molecule has 7 heteroatoms. The number of hydrogen-bond donors (Lipinski definition) is 2. The van der Waals surface area contributed by atoms with Crippen LogP contribution in [0.1, 0.15) is 20.3 Å². The van der Waals surface area contributed by atoms with Gasteiger partial charge in [0.15, 0.2) is 0 Å². The molecule has 0 spiro atoms. The maximum absolute atomic E-state index is 12.0. The van der Waals surface area contributed by atoms with Gasteiger partial charge >= 0.3 is 12.0 Å². The van der Waals surface area contributed by atoms with Crippen molar-refractivity contribution in [1.82, 2.24) is 9.88 Å². The second-order valence-electron chi connectivity index (χ2n) is 5.79. The lowest BCUT2D eigenvalue weighted by molar-refractivity contribution is -0.141. The molecule has 0 bridgehead atoms. The van der Waals surface area contributed by atoms with Gasteiger partial charge < -0.3 is 20.1 Å². The van der Waals surface area contributed by atoms with Crippen LogP contribution in [0.3, 0.4) is 0 Å². The molecule has 0 saturated carbocycles. The zero-order chi connectivity index (χ0) is 16.1. The molecule has 22 heavy (non-hydrogen) atoms. The number of amides is 2. The zero-order valence-corrected chi connectivity index (χ0v) is 12.8. The minimum atomic E-state index is -0.858. The van der Waals surface area contributed by atoms with Crippen molar-refractivity contribution in [3.05, 3.63) is 18.3 Å². The van der Waals surface area contributed by atoms with Gasteiger partial charge in [0, 0.05) is 19.2 Å². The number of likely N-dealkylation sites (tertiary alicyclic amines) is 1. The standard InChI is InChI=1S/C15H21N3O4/c1-10(2)9-22-13-4-3-12(7-16-13)17-15(21)18-6-5-11(8-18)14(19)20/h3-4,7,10-11H,5-6,8-9H2,1-2H3,(H,17,21)(H,19,20). The Morgan fingerprint density at radius 1 is 1.50 bits per heavy atom. The Hall–Kier alpha value is -2.31. The van der Waals surface area contributed by atoms with E-state index in [2.05, 4.69) is 24.1 Å². The van der Waals surface area contributed by atoms with Crippen LogP contribution in [-0.4, -0.2) is 46.7 Å². The van der Waals surface area contributed by atoms with Crippen molar-refractivity contribution < 1.29 is 19.4 Å². The maximum atomic E-state index is 12.0. The number of carboxylic acid groups (broad SMARTS) is 1. The van der Waals surface area contributed by atoms with Gasteiger partial charge in [-0.05, 0) is 18.4 Å². The fourth-order valence-electron chi connectivity index (χ4n) is 2.14. The number of carboxylic acids is 1. The molecular formula is C15H21N3O4. The number of hydrogen-bond acceptors (Lipinski definition) is 4. The number of pyridine rings is 1. The molecule has 0 aromatic carbocycles. The predicted molar refractivity (Wildman–Crippen MR) is 80.9 cm³/mol. The Morgan fingerprint density at radius 2 is 2.27 bits per heavy atom. The SMILES string of the molecule is CC(C)COc1ccc(NC(=O)N2CCC(C(=O)O)C2)cn1. The Morgan fingerprint density at radius 3 is 2.82 bits per heavy atom. The molecule has 1 saturated heterocycles.